The van der Waals surface area contributed by atoms with Gasteiger partial charge in [0.05, 0.1) is 6.61 Å². The number of aryl methyl sites for hydroxylation is 1. The van der Waals surface area contributed by atoms with Crippen LogP contribution in [0, 0.1) is 0 Å². The molecule has 0 spiro atoms. The molecule has 0 aliphatic carbocycles. The van der Waals surface area contributed by atoms with Crippen molar-refractivity contribution in [1.82, 2.24) is 5.32 Å². The monoisotopic (exact) mass is 276 g/mol. The van der Waals surface area contributed by atoms with E-state index < -0.39 is 0 Å². The van der Waals surface area contributed by atoms with Crippen molar-refractivity contribution in [3.63, 3.8) is 0 Å². The normalized spacial score (nSPS) is 20.1. The predicted molar refractivity (Wildman–Crippen MR) is 85.3 cm³/mol. The highest BCUT2D eigenvalue weighted by molar-refractivity contribution is 5.56. The molecule has 3 nitrogen and oxygen atoms in total. The molecule has 2 atom stereocenters. The summed E-state index contributed by atoms with van der Waals surface area (Å²) in [5.41, 5.74) is 2.84. The van der Waals surface area contributed by atoms with E-state index in [4.69, 9.17) is 0 Å². The van der Waals surface area contributed by atoms with Crippen molar-refractivity contribution in [2.45, 2.75) is 58.2 Å². The predicted octanol–water partition coefficient (Wildman–Crippen LogP) is 2.58. The minimum Gasteiger partial charge on any atom is -0.395 e. The number of aliphatic hydroxyl groups is 1. The maximum atomic E-state index is 9.48. The van der Waals surface area contributed by atoms with Crippen LogP contribution in [0.15, 0.2) is 24.3 Å². The van der Waals surface area contributed by atoms with Crippen LogP contribution in [0.25, 0.3) is 0 Å². The van der Waals surface area contributed by atoms with Crippen LogP contribution in [0.1, 0.15) is 39.2 Å². The molecule has 0 amide bonds. The number of nitrogens with one attached hydrogen (secondary N) is 1. The number of hydrogen-bond donors (Lipinski definition) is 2. The molecular formula is C17H28N2O. The van der Waals surface area contributed by atoms with Crippen molar-refractivity contribution < 1.29 is 5.11 Å². The highest BCUT2D eigenvalue weighted by Gasteiger charge is 2.23. The zero-order chi connectivity index (χ0) is 14.5. The Morgan fingerprint density at radius 3 is 2.80 bits per heavy atom. The molecule has 1 aliphatic rings. The Balaban J connectivity index is 2.01. The number of rotatable bonds is 6. The zero-order valence-electron chi connectivity index (χ0n) is 13.0. The van der Waals surface area contributed by atoms with E-state index in [9.17, 15) is 5.11 Å². The fourth-order valence-corrected chi connectivity index (χ4v) is 3.09. The molecule has 1 aromatic rings. The Bertz CT molecular complexity index is 419. The van der Waals surface area contributed by atoms with Gasteiger partial charge in [-0.1, -0.05) is 32.0 Å². The van der Waals surface area contributed by atoms with Gasteiger partial charge in [-0.3, -0.25) is 0 Å². The van der Waals surface area contributed by atoms with Gasteiger partial charge >= 0.3 is 0 Å². The van der Waals surface area contributed by atoms with Gasteiger partial charge in [-0.25, -0.2) is 0 Å². The fraction of sp³-hybridized carbons (Fsp3) is 0.647. The standard InChI is InChI=1S/C17H28N2O/c1-13(2)18-16(12-20)10-11-19-14(3)8-9-15-6-4-5-7-17(15)19/h4-7,13-14,16,18,20H,8-12H2,1-3H3. The molecule has 1 heterocycles. The van der Waals surface area contributed by atoms with Gasteiger partial charge in [0.15, 0.2) is 0 Å². The Morgan fingerprint density at radius 1 is 1.35 bits per heavy atom. The molecule has 20 heavy (non-hydrogen) atoms. The minimum atomic E-state index is 0.191. The number of anilines is 1. The molecule has 0 saturated carbocycles. The summed E-state index contributed by atoms with van der Waals surface area (Å²) in [4.78, 5) is 2.50. The highest BCUT2D eigenvalue weighted by atomic mass is 16.3. The Morgan fingerprint density at radius 2 is 2.10 bits per heavy atom. The number of nitrogens with zero attached hydrogens (tertiary/aromatic N) is 1. The summed E-state index contributed by atoms with van der Waals surface area (Å²) in [6, 6.07) is 9.92. The first-order valence-electron chi connectivity index (χ1n) is 7.83. The number of fused-ring (bicyclic) bond motifs is 1. The van der Waals surface area contributed by atoms with Gasteiger partial charge in [-0.05, 0) is 37.8 Å². The SMILES string of the molecule is CC(C)NC(CO)CCN1c2ccccc2CCC1C. The summed E-state index contributed by atoms with van der Waals surface area (Å²) in [7, 11) is 0. The van der Waals surface area contributed by atoms with Crippen LogP contribution in [0.3, 0.4) is 0 Å². The number of para-hydroxylation sites is 1. The van der Waals surface area contributed by atoms with E-state index in [1.54, 1.807) is 0 Å². The van der Waals surface area contributed by atoms with Crippen molar-refractivity contribution in [1.29, 1.82) is 0 Å². The average Bonchev–Trinajstić information content (AvgIpc) is 2.44. The van der Waals surface area contributed by atoms with Gasteiger partial charge in [0.25, 0.3) is 0 Å². The quantitative estimate of drug-likeness (QED) is 0.838. The molecule has 0 saturated heterocycles. The lowest BCUT2D eigenvalue weighted by Crippen LogP contribution is -2.43. The number of benzene rings is 1. The molecule has 0 bridgehead atoms. The topological polar surface area (TPSA) is 35.5 Å². The van der Waals surface area contributed by atoms with Crippen LogP contribution in [0.4, 0.5) is 5.69 Å². The molecule has 0 radical (unpaired) electrons. The van der Waals surface area contributed by atoms with Crippen LogP contribution in [-0.4, -0.2) is 36.4 Å². The Hall–Kier alpha value is -1.06. The van der Waals surface area contributed by atoms with Crippen molar-refractivity contribution in [2.75, 3.05) is 18.1 Å². The van der Waals surface area contributed by atoms with Gasteiger partial charge in [-0.15, -0.1) is 0 Å². The van der Waals surface area contributed by atoms with Gasteiger partial charge in [0.2, 0.25) is 0 Å². The molecule has 3 heteroatoms. The van der Waals surface area contributed by atoms with Crippen LogP contribution >= 0.6 is 0 Å². The largest absolute Gasteiger partial charge is 0.395 e. The van der Waals surface area contributed by atoms with E-state index in [1.165, 1.54) is 24.1 Å². The summed E-state index contributed by atoms with van der Waals surface area (Å²) in [6.45, 7) is 7.77. The number of hydrogen-bond acceptors (Lipinski definition) is 3. The van der Waals surface area contributed by atoms with Crippen molar-refractivity contribution >= 4 is 5.69 Å². The first-order valence-corrected chi connectivity index (χ1v) is 7.83. The maximum Gasteiger partial charge on any atom is 0.0585 e. The molecule has 2 rings (SSSR count). The van der Waals surface area contributed by atoms with Crippen molar-refractivity contribution in [3.05, 3.63) is 29.8 Å². The molecular weight excluding hydrogens is 248 g/mol. The molecule has 112 valence electrons. The second kappa shape index (κ2) is 7.09. The third-order valence-corrected chi connectivity index (χ3v) is 4.17. The van der Waals surface area contributed by atoms with Gasteiger partial charge < -0.3 is 15.3 Å². The zero-order valence-corrected chi connectivity index (χ0v) is 13.0. The summed E-state index contributed by atoms with van der Waals surface area (Å²) in [6.07, 6.45) is 3.38. The van der Waals surface area contributed by atoms with E-state index in [2.05, 4.69) is 55.3 Å². The minimum absolute atomic E-state index is 0.191. The molecule has 1 aromatic carbocycles. The van der Waals surface area contributed by atoms with Gasteiger partial charge in [-0.2, -0.15) is 0 Å². The van der Waals surface area contributed by atoms with E-state index in [-0.39, 0.29) is 12.6 Å². The lowest BCUT2D eigenvalue weighted by Gasteiger charge is -2.38. The summed E-state index contributed by atoms with van der Waals surface area (Å²) < 4.78 is 0. The third-order valence-electron chi connectivity index (χ3n) is 4.17. The lowest BCUT2D eigenvalue weighted by molar-refractivity contribution is 0.228. The molecule has 2 N–H and O–H groups in total. The second-order valence-electron chi connectivity index (χ2n) is 6.20. The van der Waals surface area contributed by atoms with Crippen LogP contribution in [0.2, 0.25) is 0 Å². The van der Waals surface area contributed by atoms with E-state index in [0.29, 0.717) is 12.1 Å². The lowest BCUT2D eigenvalue weighted by atomic mass is 9.96. The maximum absolute atomic E-state index is 9.48. The van der Waals surface area contributed by atoms with Crippen molar-refractivity contribution in [2.24, 2.45) is 0 Å². The third kappa shape index (κ3) is 3.74. The molecule has 2 unspecified atom stereocenters. The summed E-state index contributed by atoms with van der Waals surface area (Å²) >= 11 is 0. The highest BCUT2D eigenvalue weighted by Crippen LogP contribution is 2.30. The molecule has 0 aromatic heterocycles. The van der Waals surface area contributed by atoms with Crippen LogP contribution in [0.5, 0.6) is 0 Å². The van der Waals surface area contributed by atoms with E-state index in [0.717, 1.165) is 13.0 Å². The second-order valence-corrected chi connectivity index (χ2v) is 6.20. The van der Waals surface area contributed by atoms with E-state index in [1.807, 2.05) is 0 Å². The van der Waals surface area contributed by atoms with Gasteiger partial charge in [0.1, 0.15) is 0 Å². The molecule has 1 aliphatic heterocycles. The van der Waals surface area contributed by atoms with E-state index >= 15 is 0 Å². The number of aliphatic hydroxyl groups excluding tert-OH is 1. The van der Waals surface area contributed by atoms with Crippen molar-refractivity contribution in [3.8, 4) is 0 Å². The first-order chi connectivity index (χ1) is 9.61. The summed E-state index contributed by atoms with van der Waals surface area (Å²) in [5, 5.41) is 12.9. The Labute approximate surface area is 123 Å². The Kier molecular flexibility index (Phi) is 5.44. The fourth-order valence-electron chi connectivity index (χ4n) is 3.09. The molecule has 0 fully saturated rings. The average molecular weight is 276 g/mol. The van der Waals surface area contributed by atoms with Gasteiger partial charge in [0, 0.05) is 30.4 Å². The smallest absolute Gasteiger partial charge is 0.0585 e. The van der Waals surface area contributed by atoms with Crippen LogP contribution in [-0.2, 0) is 6.42 Å². The van der Waals surface area contributed by atoms with Crippen LogP contribution < -0.4 is 10.2 Å². The first kappa shape index (κ1) is 15.3. The summed E-state index contributed by atoms with van der Waals surface area (Å²) in [5.74, 6) is 0.